The maximum Gasteiger partial charge on any atom is 0.205 e. The molecule has 2 bridgehead atoms. The number of hydrogen-bond donors (Lipinski definition) is 2. The number of nitrogens with one attached hydrogen (secondary N) is 2. The Hall–Kier alpha value is -2.63. The first kappa shape index (κ1) is 26.6. The fourth-order valence-electron chi connectivity index (χ4n) is 6.63. The van der Waals surface area contributed by atoms with E-state index in [9.17, 15) is 4.39 Å². The molecule has 8 nitrogen and oxygen atoms in total. The van der Waals surface area contributed by atoms with Crippen LogP contribution in [-0.4, -0.2) is 35.3 Å². The normalized spacial score (nSPS) is 37.1. The van der Waals surface area contributed by atoms with Gasteiger partial charge in [-0.1, -0.05) is 13.8 Å². The maximum absolute atomic E-state index is 13.1. The third kappa shape index (κ3) is 5.04. The Labute approximate surface area is 233 Å². The Morgan fingerprint density at radius 1 is 1.05 bits per heavy atom. The highest BCUT2D eigenvalue weighted by atomic mass is 32.1. The quantitative estimate of drug-likeness (QED) is 0.209. The lowest BCUT2D eigenvalue weighted by molar-refractivity contribution is -0.575. The minimum absolute atomic E-state index is 0.0889. The zero-order valence-corrected chi connectivity index (χ0v) is 23.1. The van der Waals surface area contributed by atoms with E-state index in [4.69, 9.17) is 36.2 Å². The molecule has 5 fully saturated rings. The molecule has 10 heteroatoms. The van der Waals surface area contributed by atoms with Crippen molar-refractivity contribution in [3.05, 3.63) is 59.9 Å². The molecule has 2 aromatic carbocycles. The molecule has 5 aliphatic rings. The molecule has 4 heterocycles. The van der Waals surface area contributed by atoms with E-state index >= 15 is 0 Å². The smallest absolute Gasteiger partial charge is 0.205 e. The second-order valence-electron chi connectivity index (χ2n) is 11.3. The summed E-state index contributed by atoms with van der Waals surface area (Å²) in [6.45, 7) is 6.40. The summed E-state index contributed by atoms with van der Waals surface area (Å²) in [5, 5.41) is 7.42. The average molecular weight is 556 g/mol. The Morgan fingerprint density at radius 2 is 1.82 bits per heavy atom. The molecule has 1 aliphatic carbocycles. The summed E-state index contributed by atoms with van der Waals surface area (Å²) >= 11 is 5.23. The van der Waals surface area contributed by atoms with Gasteiger partial charge in [-0.3, -0.25) is 5.43 Å². The van der Waals surface area contributed by atoms with E-state index in [0.29, 0.717) is 28.4 Å². The summed E-state index contributed by atoms with van der Waals surface area (Å²) in [7, 11) is 0. The molecule has 0 aromatic heterocycles. The van der Waals surface area contributed by atoms with Gasteiger partial charge in [0.05, 0.1) is 6.21 Å². The molecule has 8 atom stereocenters. The van der Waals surface area contributed by atoms with Gasteiger partial charge >= 0.3 is 0 Å². The molecule has 39 heavy (non-hydrogen) atoms. The minimum atomic E-state index is -0.811. The highest BCUT2D eigenvalue weighted by Gasteiger charge is 2.69. The zero-order chi connectivity index (χ0) is 27.2. The van der Waals surface area contributed by atoms with Gasteiger partial charge in [-0.2, -0.15) is 5.10 Å². The van der Waals surface area contributed by atoms with Gasteiger partial charge in [0.1, 0.15) is 11.6 Å². The fraction of sp³-hybridized carbons (Fsp3) is 0.517. The molecule has 1 saturated carbocycles. The van der Waals surface area contributed by atoms with Crippen molar-refractivity contribution in [2.75, 3.05) is 5.32 Å². The molecular weight excluding hydrogens is 521 g/mol. The summed E-state index contributed by atoms with van der Waals surface area (Å²) in [4.78, 5) is 12.1. The average Bonchev–Trinajstić information content (AvgIpc) is 3.15. The van der Waals surface area contributed by atoms with Gasteiger partial charge in [0.25, 0.3) is 0 Å². The highest BCUT2D eigenvalue weighted by Crippen LogP contribution is 2.60. The molecule has 1 unspecified atom stereocenters. The van der Waals surface area contributed by atoms with Gasteiger partial charge in [0, 0.05) is 23.9 Å². The highest BCUT2D eigenvalue weighted by molar-refractivity contribution is 7.80. The molecule has 0 radical (unpaired) electrons. The largest absolute Gasteiger partial charge is 0.465 e. The summed E-state index contributed by atoms with van der Waals surface area (Å²) in [5.41, 5.74) is 3.69. The van der Waals surface area contributed by atoms with Crippen LogP contribution in [0, 0.1) is 29.5 Å². The fourth-order valence-corrected chi connectivity index (χ4v) is 6.80. The Bertz CT molecular complexity index is 1230. The van der Waals surface area contributed by atoms with Crippen molar-refractivity contribution < 1.29 is 28.4 Å². The van der Waals surface area contributed by atoms with Gasteiger partial charge in [0.15, 0.2) is 17.0 Å². The standard InChI is InChI=1S/C29H34FN3O5S/c1-17-4-13-24-18(2)25(35-26-29(24)23(17)14-15-28(3,36-26)37-38-29)34-22-11-5-19(6-12-22)16-31-33-27(39)32-21-9-7-20(30)8-10-21/h5-12,16-18,23-26H,4,13-15H2,1-3H3,(H2,32,33,39)/b31-16+/t17-,18-,23+,24+,25+,26-,28?,29-/m1/s1. The molecule has 0 amide bonds. The Morgan fingerprint density at radius 3 is 2.59 bits per heavy atom. The molecule has 4 saturated heterocycles. The van der Waals surface area contributed by atoms with Gasteiger partial charge in [-0.25, -0.2) is 14.2 Å². The number of rotatable bonds is 5. The zero-order valence-electron chi connectivity index (χ0n) is 22.3. The van der Waals surface area contributed by atoms with Crippen LogP contribution in [-0.2, 0) is 19.2 Å². The van der Waals surface area contributed by atoms with Crippen LogP contribution in [0.2, 0.25) is 0 Å². The SMILES string of the molecule is C[C@H]1[C@@H](Oc2ccc(/C=N/NC(=S)Nc3ccc(F)cc3)cc2)O[C@@H]2OC3(C)CC[C@H]4[C@H](C)CC[C@@H]1[C@@]24OO3. The van der Waals surface area contributed by atoms with Crippen LogP contribution in [0.1, 0.15) is 52.0 Å². The van der Waals surface area contributed by atoms with E-state index in [0.717, 1.165) is 31.2 Å². The van der Waals surface area contributed by atoms with Crippen molar-refractivity contribution in [3.63, 3.8) is 0 Å². The summed E-state index contributed by atoms with van der Waals surface area (Å²) < 4.78 is 32.3. The number of ether oxygens (including phenoxy) is 3. The van der Waals surface area contributed by atoms with Gasteiger partial charge < -0.3 is 19.5 Å². The molecular formula is C29H34FN3O5S. The number of anilines is 1. The third-order valence-corrected chi connectivity index (χ3v) is 8.90. The monoisotopic (exact) mass is 555 g/mol. The number of hydrogen-bond acceptors (Lipinski definition) is 7. The van der Waals surface area contributed by atoms with Gasteiger partial charge in [0.2, 0.25) is 12.1 Å². The lowest BCUT2D eigenvalue weighted by Gasteiger charge is -2.60. The number of nitrogens with zero attached hydrogens (tertiary/aromatic N) is 1. The molecule has 208 valence electrons. The van der Waals surface area contributed by atoms with Crippen LogP contribution in [0.3, 0.4) is 0 Å². The van der Waals surface area contributed by atoms with E-state index in [1.54, 1.807) is 18.3 Å². The number of halogens is 1. The van der Waals surface area contributed by atoms with Crippen LogP contribution in [0.4, 0.5) is 10.1 Å². The number of benzene rings is 2. The summed E-state index contributed by atoms with van der Waals surface area (Å²) in [6.07, 6.45) is 4.58. The van der Waals surface area contributed by atoms with E-state index in [1.165, 1.54) is 12.1 Å². The first-order valence-electron chi connectivity index (χ1n) is 13.6. The van der Waals surface area contributed by atoms with E-state index < -0.39 is 24.0 Å². The number of hydrazone groups is 1. The van der Waals surface area contributed by atoms with Crippen LogP contribution < -0.4 is 15.5 Å². The Balaban J connectivity index is 1.09. The van der Waals surface area contributed by atoms with Crippen molar-refractivity contribution in [3.8, 4) is 5.75 Å². The number of fused-ring (bicyclic) bond motifs is 2. The maximum atomic E-state index is 13.1. The van der Waals surface area contributed by atoms with Crippen molar-refractivity contribution in [1.29, 1.82) is 0 Å². The first-order valence-corrected chi connectivity index (χ1v) is 14.0. The van der Waals surface area contributed by atoms with Crippen molar-refractivity contribution >= 4 is 29.2 Å². The van der Waals surface area contributed by atoms with Crippen molar-refractivity contribution in [2.24, 2.45) is 28.8 Å². The van der Waals surface area contributed by atoms with Crippen molar-refractivity contribution in [2.45, 2.75) is 70.4 Å². The van der Waals surface area contributed by atoms with E-state index in [2.05, 4.69) is 29.7 Å². The Kier molecular flexibility index (Phi) is 7.09. The predicted molar refractivity (Wildman–Crippen MR) is 147 cm³/mol. The van der Waals surface area contributed by atoms with Gasteiger partial charge in [-0.05, 0) is 104 Å². The second-order valence-corrected chi connectivity index (χ2v) is 11.7. The summed E-state index contributed by atoms with van der Waals surface area (Å²) in [6, 6.07) is 13.5. The van der Waals surface area contributed by atoms with E-state index in [1.807, 2.05) is 31.2 Å². The lowest BCUT2D eigenvalue weighted by Crippen LogP contribution is -2.70. The van der Waals surface area contributed by atoms with Crippen LogP contribution >= 0.6 is 12.2 Å². The second kappa shape index (κ2) is 10.4. The molecule has 4 aliphatic heterocycles. The third-order valence-electron chi connectivity index (χ3n) is 8.71. The van der Waals surface area contributed by atoms with Crippen LogP contribution in [0.15, 0.2) is 53.6 Å². The molecule has 2 aromatic rings. The van der Waals surface area contributed by atoms with Gasteiger partial charge in [-0.15, -0.1) is 0 Å². The summed E-state index contributed by atoms with van der Waals surface area (Å²) in [5.74, 6) is 0.707. The van der Waals surface area contributed by atoms with E-state index in [-0.39, 0.29) is 17.7 Å². The topological polar surface area (TPSA) is 82.6 Å². The molecule has 7 rings (SSSR count). The molecule has 2 N–H and O–H groups in total. The van der Waals surface area contributed by atoms with Crippen LogP contribution in [0.25, 0.3) is 0 Å². The minimum Gasteiger partial charge on any atom is -0.465 e. The molecule has 1 spiro atoms. The number of thiocarbonyl (C=S) groups is 1. The van der Waals surface area contributed by atoms with Crippen molar-refractivity contribution in [1.82, 2.24) is 5.43 Å². The first-order chi connectivity index (χ1) is 18.8. The predicted octanol–water partition coefficient (Wildman–Crippen LogP) is 5.73. The lowest BCUT2D eigenvalue weighted by atomic mass is 9.58. The van der Waals surface area contributed by atoms with Crippen LogP contribution in [0.5, 0.6) is 5.75 Å².